The van der Waals surface area contributed by atoms with Crippen LogP contribution in [-0.4, -0.2) is 35.0 Å². The van der Waals surface area contributed by atoms with Gasteiger partial charge in [0.25, 0.3) is 5.91 Å². The van der Waals surface area contributed by atoms with Crippen LogP contribution in [0.1, 0.15) is 28.8 Å². The zero-order valence-corrected chi connectivity index (χ0v) is 12.3. The fourth-order valence-corrected chi connectivity index (χ4v) is 2.65. The number of aliphatic carboxylic acids is 1. The van der Waals surface area contributed by atoms with Crippen LogP contribution in [0.5, 0.6) is 0 Å². The Morgan fingerprint density at radius 1 is 1.42 bits per heavy atom. The van der Waals surface area contributed by atoms with Gasteiger partial charge in [-0.05, 0) is 37.5 Å². The summed E-state index contributed by atoms with van der Waals surface area (Å²) >= 11 is 3.41. The Hall–Kier alpha value is -1.36. The third-order valence-corrected chi connectivity index (χ3v) is 4.33. The Bertz CT molecular complexity index is 515. The van der Waals surface area contributed by atoms with Crippen molar-refractivity contribution in [1.29, 1.82) is 0 Å². The van der Waals surface area contributed by atoms with Gasteiger partial charge < -0.3 is 10.0 Å². The maximum Gasteiger partial charge on any atom is 0.308 e. The molecule has 0 aliphatic carbocycles. The summed E-state index contributed by atoms with van der Waals surface area (Å²) < 4.78 is 0.894. The Morgan fingerprint density at radius 2 is 2.16 bits per heavy atom. The number of rotatable bonds is 2. The first-order chi connectivity index (χ1) is 8.99. The first kappa shape index (κ1) is 14.1. The van der Waals surface area contributed by atoms with Crippen molar-refractivity contribution in [3.05, 3.63) is 33.8 Å². The second kappa shape index (κ2) is 5.74. The van der Waals surface area contributed by atoms with E-state index in [1.807, 2.05) is 13.0 Å². The number of carbonyl (C=O) groups excluding carboxylic acids is 1. The number of piperidine rings is 1. The lowest BCUT2D eigenvalue weighted by Gasteiger charge is -2.30. The van der Waals surface area contributed by atoms with Gasteiger partial charge in [0.2, 0.25) is 0 Å². The van der Waals surface area contributed by atoms with Crippen LogP contribution in [0.25, 0.3) is 0 Å². The predicted octanol–water partition coefficient (Wildman–Crippen LogP) is 2.69. The highest BCUT2D eigenvalue weighted by atomic mass is 79.9. The highest BCUT2D eigenvalue weighted by Gasteiger charge is 2.28. The number of benzene rings is 1. The standard InChI is InChI=1S/C14H16BrNO3/c1-9-4-5-10(7-12(9)15)13(17)16-6-2-3-11(8-16)14(18)19/h4-5,7,11H,2-3,6,8H2,1H3,(H,18,19)/t11-/m1/s1. The maximum atomic E-state index is 12.3. The minimum absolute atomic E-state index is 0.0911. The average Bonchev–Trinajstić information content (AvgIpc) is 2.41. The lowest BCUT2D eigenvalue weighted by Crippen LogP contribution is -2.42. The molecule has 1 fully saturated rings. The molecule has 2 rings (SSSR count). The summed E-state index contributed by atoms with van der Waals surface area (Å²) in [5, 5.41) is 9.04. The molecule has 0 saturated carbocycles. The fourth-order valence-electron chi connectivity index (χ4n) is 2.27. The monoisotopic (exact) mass is 325 g/mol. The van der Waals surface area contributed by atoms with Gasteiger partial charge in [0, 0.05) is 23.1 Å². The van der Waals surface area contributed by atoms with Gasteiger partial charge in [-0.3, -0.25) is 9.59 Å². The molecular weight excluding hydrogens is 310 g/mol. The zero-order valence-electron chi connectivity index (χ0n) is 10.7. The Labute approximate surface area is 120 Å². The molecular formula is C14H16BrNO3. The third-order valence-electron chi connectivity index (χ3n) is 3.48. The molecule has 0 bridgehead atoms. The van der Waals surface area contributed by atoms with Gasteiger partial charge in [0.15, 0.2) is 0 Å². The van der Waals surface area contributed by atoms with E-state index in [9.17, 15) is 9.59 Å². The van der Waals surface area contributed by atoms with Crippen LogP contribution in [0.3, 0.4) is 0 Å². The smallest absolute Gasteiger partial charge is 0.308 e. The second-order valence-electron chi connectivity index (χ2n) is 4.89. The van der Waals surface area contributed by atoms with E-state index in [-0.39, 0.29) is 5.91 Å². The molecule has 1 aromatic carbocycles. The number of carboxylic acid groups (broad SMARTS) is 1. The van der Waals surface area contributed by atoms with Crippen molar-refractivity contribution in [1.82, 2.24) is 4.90 Å². The minimum Gasteiger partial charge on any atom is -0.481 e. The van der Waals surface area contributed by atoms with E-state index in [0.717, 1.165) is 16.5 Å². The maximum absolute atomic E-state index is 12.3. The first-order valence-electron chi connectivity index (χ1n) is 6.27. The quantitative estimate of drug-likeness (QED) is 0.909. The summed E-state index contributed by atoms with van der Waals surface area (Å²) in [6.45, 7) is 2.90. The van der Waals surface area contributed by atoms with Gasteiger partial charge in [-0.2, -0.15) is 0 Å². The minimum atomic E-state index is -0.817. The van der Waals surface area contributed by atoms with Gasteiger partial charge >= 0.3 is 5.97 Å². The number of nitrogens with zero attached hydrogens (tertiary/aromatic N) is 1. The largest absolute Gasteiger partial charge is 0.481 e. The molecule has 1 saturated heterocycles. The van der Waals surface area contributed by atoms with E-state index >= 15 is 0 Å². The number of likely N-dealkylation sites (tertiary alicyclic amines) is 1. The van der Waals surface area contributed by atoms with Crippen molar-refractivity contribution in [3.63, 3.8) is 0 Å². The third kappa shape index (κ3) is 3.15. The Balaban J connectivity index is 2.14. The fraction of sp³-hybridized carbons (Fsp3) is 0.429. The van der Waals surface area contributed by atoms with Crippen LogP contribution in [0, 0.1) is 12.8 Å². The molecule has 1 atom stereocenters. The Kier molecular flexibility index (Phi) is 4.24. The van der Waals surface area contributed by atoms with E-state index < -0.39 is 11.9 Å². The van der Waals surface area contributed by atoms with Crippen LogP contribution in [-0.2, 0) is 4.79 Å². The molecule has 0 spiro atoms. The van der Waals surface area contributed by atoms with Crippen molar-refractivity contribution < 1.29 is 14.7 Å². The molecule has 1 aromatic rings. The highest BCUT2D eigenvalue weighted by molar-refractivity contribution is 9.10. The molecule has 19 heavy (non-hydrogen) atoms. The van der Waals surface area contributed by atoms with Crippen LogP contribution in [0.2, 0.25) is 0 Å². The molecule has 1 amide bonds. The molecule has 1 heterocycles. The van der Waals surface area contributed by atoms with Crippen LogP contribution >= 0.6 is 15.9 Å². The SMILES string of the molecule is Cc1ccc(C(=O)N2CCC[C@@H](C(=O)O)C2)cc1Br. The van der Waals surface area contributed by atoms with Gasteiger partial charge in [-0.15, -0.1) is 0 Å². The van der Waals surface area contributed by atoms with Gasteiger partial charge in [0.1, 0.15) is 0 Å². The number of hydrogen-bond acceptors (Lipinski definition) is 2. The molecule has 0 radical (unpaired) electrons. The molecule has 1 aliphatic rings. The zero-order chi connectivity index (χ0) is 14.0. The van der Waals surface area contributed by atoms with E-state index in [4.69, 9.17) is 5.11 Å². The van der Waals surface area contributed by atoms with E-state index in [1.54, 1.807) is 17.0 Å². The predicted molar refractivity (Wildman–Crippen MR) is 75.1 cm³/mol. The van der Waals surface area contributed by atoms with Crippen molar-refractivity contribution in [3.8, 4) is 0 Å². The highest BCUT2D eigenvalue weighted by Crippen LogP contribution is 2.22. The molecule has 1 N–H and O–H groups in total. The number of amides is 1. The van der Waals surface area contributed by atoms with Crippen molar-refractivity contribution >= 4 is 27.8 Å². The van der Waals surface area contributed by atoms with Crippen LogP contribution < -0.4 is 0 Å². The summed E-state index contributed by atoms with van der Waals surface area (Å²) in [5.74, 6) is -1.35. The van der Waals surface area contributed by atoms with Gasteiger partial charge in [0.05, 0.1) is 5.92 Å². The van der Waals surface area contributed by atoms with Crippen molar-refractivity contribution in [2.24, 2.45) is 5.92 Å². The number of carbonyl (C=O) groups is 2. The lowest BCUT2D eigenvalue weighted by atomic mass is 9.97. The molecule has 4 nitrogen and oxygen atoms in total. The van der Waals surface area contributed by atoms with Gasteiger partial charge in [-0.25, -0.2) is 0 Å². The molecule has 0 unspecified atom stereocenters. The summed E-state index contributed by atoms with van der Waals surface area (Å²) in [7, 11) is 0. The van der Waals surface area contributed by atoms with Crippen molar-refractivity contribution in [2.45, 2.75) is 19.8 Å². The van der Waals surface area contributed by atoms with Gasteiger partial charge in [-0.1, -0.05) is 22.0 Å². The topological polar surface area (TPSA) is 57.6 Å². The first-order valence-corrected chi connectivity index (χ1v) is 7.06. The van der Waals surface area contributed by atoms with E-state index in [2.05, 4.69) is 15.9 Å². The Morgan fingerprint density at radius 3 is 2.79 bits per heavy atom. The summed E-state index contributed by atoms with van der Waals surface area (Å²) in [6.07, 6.45) is 1.40. The number of halogens is 1. The lowest BCUT2D eigenvalue weighted by molar-refractivity contribution is -0.143. The summed E-state index contributed by atoms with van der Waals surface area (Å²) in [5.41, 5.74) is 1.67. The number of carboxylic acids is 1. The molecule has 1 aliphatic heterocycles. The second-order valence-corrected chi connectivity index (χ2v) is 5.75. The number of hydrogen-bond donors (Lipinski definition) is 1. The van der Waals surface area contributed by atoms with E-state index in [1.165, 1.54) is 0 Å². The molecule has 102 valence electrons. The average molecular weight is 326 g/mol. The normalized spacial score (nSPS) is 19.3. The molecule has 0 aromatic heterocycles. The van der Waals surface area contributed by atoms with Crippen LogP contribution in [0.4, 0.5) is 0 Å². The number of aryl methyl sites for hydroxylation is 1. The van der Waals surface area contributed by atoms with Crippen LogP contribution in [0.15, 0.2) is 22.7 Å². The summed E-state index contributed by atoms with van der Waals surface area (Å²) in [6, 6.07) is 5.46. The van der Waals surface area contributed by atoms with E-state index in [0.29, 0.717) is 25.1 Å². The molecule has 5 heteroatoms. The summed E-state index contributed by atoms with van der Waals surface area (Å²) in [4.78, 5) is 25.0. The van der Waals surface area contributed by atoms with Crippen molar-refractivity contribution in [2.75, 3.05) is 13.1 Å².